The second kappa shape index (κ2) is 16.0. The Bertz CT molecular complexity index is 1100. The van der Waals surface area contributed by atoms with Gasteiger partial charge in [0.25, 0.3) is 0 Å². The Balaban J connectivity index is 0.000000152. The van der Waals surface area contributed by atoms with Crippen molar-refractivity contribution in [2.75, 3.05) is 0 Å². The molecule has 6 aromatic rings. The predicted octanol–water partition coefficient (Wildman–Crippen LogP) is 6.43. The fraction of sp³-hybridized carbons (Fsp3) is 0. The van der Waals surface area contributed by atoms with Crippen molar-refractivity contribution in [3.05, 3.63) is 146 Å². The van der Waals surface area contributed by atoms with E-state index in [0.29, 0.717) is 0 Å². The van der Waals surface area contributed by atoms with Crippen molar-refractivity contribution in [1.82, 2.24) is 29.9 Å². The molecule has 7 heteroatoms. The molecule has 6 heterocycles. The van der Waals surface area contributed by atoms with Gasteiger partial charge in [0.1, 0.15) is 0 Å². The van der Waals surface area contributed by atoms with Crippen molar-refractivity contribution < 1.29 is 38.6 Å². The zero-order chi connectivity index (χ0) is 24.7. The first-order valence-corrected chi connectivity index (χ1v) is 11.4. The first-order chi connectivity index (χ1) is 17.9. The largest absolute Gasteiger partial charge is 0.255 e. The molecule has 0 bridgehead atoms. The third-order valence-corrected chi connectivity index (χ3v) is 4.78. The summed E-state index contributed by atoms with van der Waals surface area (Å²) in [5.41, 5.74) is 5.49. The van der Waals surface area contributed by atoms with Gasteiger partial charge in [-0.15, -0.1) is 0 Å². The summed E-state index contributed by atoms with van der Waals surface area (Å²) in [4.78, 5) is 25.1. The van der Waals surface area contributed by atoms with Crippen LogP contribution < -0.4 is 0 Å². The topological polar surface area (TPSA) is 77.3 Å². The van der Waals surface area contributed by atoms with E-state index in [1.165, 1.54) is 0 Å². The van der Waals surface area contributed by atoms with Gasteiger partial charge in [-0.2, -0.15) is 0 Å². The number of hydrogen-bond donors (Lipinski definition) is 0. The number of hydrogen-bond acceptors (Lipinski definition) is 6. The Morgan fingerprint density at radius 1 is 0.243 bits per heavy atom. The molecule has 0 aliphatic heterocycles. The maximum Gasteiger partial charge on any atom is 0.0886 e. The maximum atomic E-state index is 4.19. The number of nitrogens with zero attached hydrogens (tertiary/aromatic N) is 6. The second-order valence-corrected chi connectivity index (χ2v) is 7.29. The molecule has 0 atom stereocenters. The molecule has 0 aromatic carbocycles. The van der Waals surface area contributed by atoms with E-state index in [4.69, 9.17) is 0 Å². The van der Waals surface area contributed by atoms with Crippen molar-refractivity contribution >= 4 is 0 Å². The summed E-state index contributed by atoms with van der Waals surface area (Å²) in [6.07, 6.45) is 10.6. The van der Waals surface area contributed by atoms with Crippen molar-refractivity contribution in [1.29, 1.82) is 0 Å². The molecule has 0 saturated heterocycles. The Morgan fingerprint density at radius 2 is 0.405 bits per heavy atom. The van der Waals surface area contributed by atoms with E-state index in [1.54, 1.807) is 37.2 Å². The molecule has 1 radical (unpaired) electrons. The monoisotopic (exact) mass is 627 g/mol. The summed E-state index contributed by atoms with van der Waals surface area (Å²) in [6.45, 7) is 0. The van der Waals surface area contributed by atoms with Crippen LogP contribution in [0.2, 0.25) is 0 Å². The summed E-state index contributed by atoms with van der Waals surface area (Å²) >= 11 is 0. The van der Waals surface area contributed by atoms with Gasteiger partial charge in [-0.05, 0) is 72.8 Å². The molecule has 0 amide bonds. The standard InChI is InChI=1S/3C10H8N2.Tb/c3*1-3-7-11-9(5-1)10-6-2-4-8-12-10;/h3*1-8H;. The normalized spacial score (nSPS) is 9.41. The van der Waals surface area contributed by atoms with Crippen LogP contribution in [0.5, 0.6) is 0 Å². The molecule has 0 N–H and O–H groups in total. The van der Waals surface area contributed by atoms with Gasteiger partial charge < -0.3 is 0 Å². The van der Waals surface area contributed by atoms with E-state index in [-0.39, 0.29) is 38.6 Å². The Labute approximate surface area is 247 Å². The molecule has 183 valence electrons. The van der Waals surface area contributed by atoms with Crippen molar-refractivity contribution in [2.24, 2.45) is 0 Å². The average molecular weight is 627 g/mol. The summed E-state index contributed by atoms with van der Waals surface area (Å²) in [5, 5.41) is 0. The van der Waals surface area contributed by atoms with E-state index >= 15 is 0 Å². The third kappa shape index (κ3) is 9.29. The van der Waals surface area contributed by atoms with Crippen LogP contribution in [-0.4, -0.2) is 29.9 Å². The molecule has 0 unspecified atom stereocenters. The van der Waals surface area contributed by atoms with E-state index < -0.39 is 0 Å². The molecule has 0 saturated carbocycles. The summed E-state index contributed by atoms with van der Waals surface area (Å²) in [7, 11) is 0. The Kier molecular flexibility index (Phi) is 12.0. The van der Waals surface area contributed by atoms with Gasteiger partial charge in [0.2, 0.25) is 0 Å². The van der Waals surface area contributed by atoms with Crippen LogP contribution >= 0.6 is 0 Å². The Morgan fingerprint density at radius 3 is 0.514 bits per heavy atom. The van der Waals surface area contributed by atoms with Crippen molar-refractivity contribution in [3.63, 3.8) is 0 Å². The van der Waals surface area contributed by atoms with Crippen LogP contribution in [0.4, 0.5) is 0 Å². The number of rotatable bonds is 3. The van der Waals surface area contributed by atoms with Crippen LogP contribution in [0.3, 0.4) is 0 Å². The van der Waals surface area contributed by atoms with E-state index in [2.05, 4.69) is 29.9 Å². The fourth-order valence-corrected chi connectivity index (χ4v) is 3.09. The first kappa shape index (κ1) is 27.8. The van der Waals surface area contributed by atoms with E-state index in [0.717, 1.165) is 34.2 Å². The number of aromatic nitrogens is 6. The molecule has 37 heavy (non-hydrogen) atoms. The molecular formula is C30H24N6Tb. The molecule has 6 aromatic heterocycles. The fourth-order valence-electron chi connectivity index (χ4n) is 3.09. The summed E-state index contributed by atoms with van der Waals surface area (Å²) in [5.74, 6) is 0. The molecule has 0 aliphatic carbocycles. The minimum Gasteiger partial charge on any atom is -0.255 e. The average Bonchev–Trinajstić information content (AvgIpc) is 3.01. The Hall–Kier alpha value is -3.81. The zero-order valence-corrected chi connectivity index (χ0v) is 22.0. The van der Waals surface area contributed by atoms with Gasteiger partial charge in [0.15, 0.2) is 0 Å². The second-order valence-electron chi connectivity index (χ2n) is 7.29. The van der Waals surface area contributed by atoms with Gasteiger partial charge in [0, 0.05) is 75.8 Å². The molecule has 6 rings (SSSR count). The molecule has 6 nitrogen and oxygen atoms in total. The number of pyridine rings is 6. The molecule has 0 fully saturated rings. The van der Waals surface area contributed by atoms with Gasteiger partial charge in [-0.25, -0.2) is 0 Å². The summed E-state index contributed by atoms with van der Waals surface area (Å²) in [6, 6.07) is 34.8. The van der Waals surface area contributed by atoms with Crippen LogP contribution in [0.15, 0.2) is 146 Å². The van der Waals surface area contributed by atoms with Crippen molar-refractivity contribution in [3.8, 4) is 34.2 Å². The smallest absolute Gasteiger partial charge is 0.0886 e. The zero-order valence-electron chi connectivity index (χ0n) is 19.9. The maximum absolute atomic E-state index is 4.19. The first-order valence-electron chi connectivity index (χ1n) is 11.4. The van der Waals surface area contributed by atoms with Crippen LogP contribution in [0.25, 0.3) is 34.2 Å². The van der Waals surface area contributed by atoms with E-state index in [1.807, 2.05) is 109 Å². The summed E-state index contributed by atoms with van der Waals surface area (Å²) < 4.78 is 0. The predicted molar refractivity (Wildman–Crippen MR) is 142 cm³/mol. The van der Waals surface area contributed by atoms with E-state index in [9.17, 15) is 0 Å². The minimum absolute atomic E-state index is 0. The quantitative estimate of drug-likeness (QED) is 0.225. The van der Waals surface area contributed by atoms with Crippen molar-refractivity contribution in [2.45, 2.75) is 0 Å². The van der Waals surface area contributed by atoms with Gasteiger partial charge >= 0.3 is 0 Å². The minimum atomic E-state index is 0. The van der Waals surface area contributed by atoms with Crippen LogP contribution in [0.1, 0.15) is 0 Å². The van der Waals surface area contributed by atoms with Gasteiger partial charge in [0.05, 0.1) is 34.2 Å². The van der Waals surface area contributed by atoms with Crippen LogP contribution in [-0.2, 0) is 0 Å². The van der Waals surface area contributed by atoms with Gasteiger partial charge in [-0.3, -0.25) is 29.9 Å². The van der Waals surface area contributed by atoms with Crippen LogP contribution in [0, 0.1) is 38.6 Å². The van der Waals surface area contributed by atoms with Gasteiger partial charge in [-0.1, -0.05) is 36.4 Å². The SMILES string of the molecule is [Tb].c1ccc(-c2ccccn2)nc1.c1ccc(-c2ccccn2)nc1.c1ccc(-c2ccccn2)nc1. The third-order valence-electron chi connectivity index (χ3n) is 4.78. The molecular weight excluding hydrogens is 603 g/mol. The molecule has 0 aliphatic rings. The molecule has 0 spiro atoms.